The first-order valence-electron chi connectivity index (χ1n) is 7.67. The molecule has 6 nitrogen and oxygen atoms in total. The molecule has 1 aliphatic rings. The number of likely N-dealkylation sites (tertiary alicyclic amines) is 1. The first-order valence-corrected chi connectivity index (χ1v) is 7.67. The van der Waals surface area contributed by atoms with Gasteiger partial charge in [0.1, 0.15) is 0 Å². The highest BCUT2D eigenvalue weighted by molar-refractivity contribution is 5.96. The summed E-state index contributed by atoms with van der Waals surface area (Å²) in [4.78, 5) is 29.9. The van der Waals surface area contributed by atoms with Crippen molar-refractivity contribution in [2.24, 2.45) is 11.7 Å². The van der Waals surface area contributed by atoms with E-state index in [-0.39, 0.29) is 17.7 Å². The summed E-state index contributed by atoms with van der Waals surface area (Å²) in [7, 11) is 0. The molecule has 2 N–H and O–H groups in total. The second-order valence-electron chi connectivity index (χ2n) is 5.97. The molecule has 0 radical (unpaired) electrons. The number of hydrogen-bond donors (Lipinski definition) is 1. The van der Waals surface area contributed by atoms with Gasteiger partial charge in [-0.1, -0.05) is 0 Å². The highest BCUT2D eigenvalue weighted by Crippen LogP contribution is 2.24. The average molecular weight is 312 g/mol. The predicted molar refractivity (Wildman–Crippen MR) is 86.2 cm³/mol. The van der Waals surface area contributed by atoms with E-state index in [0.717, 1.165) is 17.1 Å². The first-order chi connectivity index (χ1) is 11.0. The minimum atomic E-state index is -0.332. The number of primary amides is 1. The third-order valence-electron chi connectivity index (χ3n) is 4.44. The van der Waals surface area contributed by atoms with Crippen molar-refractivity contribution in [1.29, 1.82) is 0 Å². The summed E-state index contributed by atoms with van der Waals surface area (Å²) in [5.41, 5.74) is 8.79. The summed E-state index contributed by atoms with van der Waals surface area (Å²) in [5, 5.41) is 0. The van der Waals surface area contributed by atoms with Gasteiger partial charge in [-0.2, -0.15) is 0 Å². The minimum absolute atomic E-state index is 0.0445. The predicted octanol–water partition coefficient (Wildman–Crippen LogP) is 1.44. The number of aryl methyl sites for hydroxylation is 1. The van der Waals surface area contributed by atoms with Crippen molar-refractivity contribution in [2.45, 2.75) is 20.3 Å². The third-order valence-corrected chi connectivity index (χ3v) is 4.44. The molecule has 2 aromatic heterocycles. The molecule has 0 bridgehead atoms. The van der Waals surface area contributed by atoms with Crippen molar-refractivity contribution in [3.8, 4) is 5.69 Å². The molecule has 1 saturated heterocycles. The number of rotatable bonds is 3. The molecule has 1 fully saturated rings. The van der Waals surface area contributed by atoms with E-state index >= 15 is 0 Å². The van der Waals surface area contributed by atoms with Crippen molar-refractivity contribution in [1.82, 2.24) is 14.5 Å². The van der Waals surface area contributed by atoms with Crippen molar-refractivity contribution >= 4 is 11.8 Å². The van der Waals surface area contributed by atoms with E-state index in [9.17, 15) is 9.59 Å². The monoisotopic (exact) mass is 312 g/mol. The maximum atomic E-state index is 12.8. The van der Waals surface area contributed by atoms with Crippen LogP contribution in [-0.2, 0) is 4.79 Å². The number of pyridine rings is 1. The average Bonchev–Trinajstić information content (AvgIpc) is 3.13. The van der Waals surface area contributed by atoms with Gasteiger partial charge in [-0.15, -0.1) is 0 Å². The molecule has 0 saturated carbocycles. The summed E-state index contributed by atoms with van der Waals surface area (Å²) in [6, 6.07) is 5.72. The Morgan fingerprint density at radius 3 is 2.74 bits per heavy atom. The number of aromatic nitrogens is 2. The number of carbonyl (C=O) groups is 2. The van der Waals surface area contributed by atoms with E-state index in [0.29, 0.717) is 25.1 Å². The summed E-state index contributed by atoms with van der Waals surface area (Å²) >= 11 is 0. The SMILES string of the molecule is Cc1cc(C(=O)N2CC[C@@H](C(N)=O)C2)c(C)n1-c1cccnc1. The van der Waals surface area contributed by atoms with Gasteiger partial charge in [0.05, 0.1) is 23.4 Å². The van der Waals surface area contributed by atoms with E-state index in [1.54, 1.807) is 17.3 Å². The fourth-order valence-corrected chi connectivity index (χ4v) is 3.21. The Balaban J connectivity index is 1.90. The van der Waals surface area contributed by atoms with Crippen LogP contribution in [0.1, 0.15) is 28.2 Å². The van der Waals surface area contributed by atoms with Crippen LogP contribution >= 0.6 is 0 Å². The quantitative estimate of drug-likeness (QED) is 0.931. The fourth-order valence-electron chi connectivity index (χ4n) is 3.21. The molecule has 1 atom stereocenters. The lowest BCUT2D eigenvalue weighted by Gasteiger charge is -2.16. The van der Waals surface area contributed by atoms with Crippen LogP contribution in [-0.4, -0.2) is 39.4 Å². The molecule has 23 heavy (non-hydrogen) atoms. The molecule has 0 unspecified atom stereocenters. The summed E-state index contributed by atoms with van der Waals surface area (Å²) in [6.07, 6.45) is 4.13. The molecule has 0 aliphatic carbocycles. The molecule has 0 aromatic carbocycles. The Labute approximate surface area is 134 Å². The van der Waals surface area contributed by atoms with Gasteiger partial charge in [0.15, 0.2) is 0 Å². The van der Waals surface area contributed by atoms with Crippen LogP contribution in [0.25, 0.3) is 5.69 Å². The van der Waals surface area contributed by atoms with Crippen LogP contribution < -0.4 is 5.73 Å². The van der Waals surface area contributed by atoms with Gasteiger partial charge in [0.25, 0.3) is 5.91 Å². The van der Waals surface area contributed by atoms with Crippen LogP contribution in [0.2, 0.25) is 0 Å². The Kier molecular flexibility index (Phi) is 3.90. The van der Waals surface area contributed by atoms with Crippen LogP contribution in [0.3, 0.4) is 0 Å². The molecular formula is C17H20N4O2. The van der Waals surface area contributed by atoms with Gasteiger partial charge >= 0.3 is 0 Å². The molecule has 2 amide bonds. The lowest BCUT2D eigenvalue weighted by atomic mass is 10.1. The lowest BCUT2D eigenvalue weighted by Crippen LogP contribution is -2.32. The minimum Gasteiger partial charge on any atom is -0.369 e. The Hall–Kier alpha value is -2.63. The summed E-state index contributed by atoms with van der Waals surface area (Å²) in [5.74, 6) is -0.612. The van der Waals surface area contributed by atoms with Crippen molar-refractivity contribution in [3.63, 3.8) is 0 Å². The second-order valence-corrected chi connectivity index (χ2v) is 5.97. The molecule has 120 valence electrons. The van der Waals surface area contributed by atoms with Gasteiger partial charge in [0.2, 0.25) is 5.91 Å². The first kappa shape index (κ1) is 15.3. The Bertz CT molecular complexity index is 751. The van der Waals surface area contributed by atoms with Crippen LogP contribution in [0, 0.1) is 19.8 Å². The Morgan fingerprint density at radius 2 is 2.13 bits per heavy atom. The summed E-state index contributed by atoms with van der Waals surface area (Å²) < 4.78 is 2.02. The van der Waals surface area contributed by atoms with Crippen molar-refractivity contribution in [2.75, 3.05) is 13.1 Å². The molecule has 2 aromatic rings. The maximum Gasteiger partial charge on any atom is 0.255 e. The Morgan fingerprint density at radius 1 is 1.35 bits per heavy atom. The van der Waals surface area contributed by atoms with E-state index in [1.807, 2.05) is 36.6 Å². The highest BCUT2D eigenvalue weighted by Gasteiger charge is 2.31. The van der Waals surface area contributed by atoms with Crippen LogP contribution in [0.5, 0.6) is 0 Å². The van der Waals surface area contributed by atoms with Gasteiger partial charge in [0, 0.05) is 30.7 Å². The normalized spacial score (nSPS) is 17.5. The van der Waals surface area contributed by atoms with Crippen LogP contribution in [0.4, 0.5) is 0 Å². The zero-order valence-corrected chi connectivity index (χ0v) is 13.3. The van der Waals surface area contributed by atoms with Gasteiger partial charge in [-0.25, -0.2) is 0 Å². The molecular weight excluding hydrogens is 292 g/mol. The van der Waals surface area contributed by atoms with Crippen molar-refractivity contribution < 1.29 is 9.59 Å². The van der Waals surface area contributed by atoms with E-state index < -0.39 is 0 Å². The molecule has 3 rings (SSSR count). The third kappa shape index (κ3) is 2.72. The van der Waals surface area contributed by atoms with Crippen molar-refractivity contribution in [3.05, 3.63) is 47.5 Å². The summed E-state index contributed by atoms with van der Waals surface area (Å²) in [6.45, 7) is 4.87. The number of hydrogen-bond acceptors (Lipinski definition) is 3. The largest absolute Gasteiger partial charge is 0.369 e. The molecule has 6 heteroatoms. The second kappa shape index (κ2) is 5.87. The van der Waals surface area contributed by atoms with E-state index in [4.69, 9.17) is 5.73 Å². The maximum absolute atomic E-state index is 12.8. The lowest BCUT2D eigenvalue weighted by molar-refractivity contribution is -0.121. The zero-order chi connectivity index (χ0) is 16.6. The van der Waals surface area contributed by atoms with E-state index in [1.165, 1.54) is 0 Å². The number of nitrogens with zero attached hydrogens (tertiary/aromatic N) is 3. The van der Waals surface area contributed by atoms with Gasteiger partial charge in [-0.3, -0.25) is 14.6 Å². The number of amides is 2. The molecule has 1 aliphatic heterocycles. The molecule has 3 heterocycles. The van der Waals surface area contributed by atoms with Gasteiger partial charge in [-0.05, 0) is 38.5 Å². The topological polar surface area (TPSA) is 81.2 Å². The molecule has 0 spiro atoms. The number of nitrogens with two attached hydrogens (primary N) is 1. The zero-order valence-electron chi connectivity index (χ0n) is 13.3. The smallest absolute Gasteiger partial charge is 0.255 e. The fraction of sp³-hybridized carbons (Fsp3) is 0.353. The number of carbonyl (C=O) groups excluding carboxylic acids is 2. The van der Waals surface area contributed by atoms with Crippen LogP contribution in [0.15, 0.2) is 30.6 Å². The highest BCUT2D eigenvalue weighted by atomic mass is 16.2. The van der Waals surface area contributed by atoms with E-state index in [2.05, 4.69) is 4.98 Å². The standard InChI is InChI=1S/C17H20N4O2/c1-11-8-15(12(2)21(11)14-4-3-6-19-9-14)17(23)20-7-5-13(10-20)16(18)22/h3-4,6,8-9,13H,5,7,10H2,1-2H3,(H2,18,22)/t13-/m1/s1. The van der Waals surface area contributed by atoms with Gasteiger partial charge < -0.3 is 15.2 Å².